The van der Waals surface area contributed by atoms with E-state index in [4.69, 9.17) is 0 Å². The van der Waals surface area contributed by atoms with Crippen molar-refractivity contribution in [2.75, 3.05) is 6.54 Å². The highest BCUT2D eigenvalue weighted by Gasteiger charge is 2.17. The van der Waals surface area contributed by atoms with Crippen molar-refractivity contribution in [1.82, 2.24) is 4.72 Å². The second-order valence-corrected chi connectivity index (χ2v) is 9.18. The first kappa shape index (κ1) is 20.5. The number of nitrogens with one attached hydrogen (secondary N) is 1. The molecule has 6 heteroatoms. The van der Waals surface area contributed by atoms with Crippen molar-refractivity contribution < 1.29 is 17.2 Å². The summed E-state index contributed by atoms with van der Waals surface area (Å²) in [6, 6.07) is 11.4. The van der Waals surface area contributed by atoms with Crippen molar-refractivity contribution >= 4 is 10.0 Å². The van der Waals surface area contributed by atoms with E-state index in [-0.39, 0.29) is 5.92 Å². The summed E-state index contributed by atoms with van der Waals surface area (Å²) in [6.45, 7) is 5.61. The molecule has 0 fully saturated rings. The number of sulfonamides is 1. The van der Waals surface area contributed by atoms with Crippen molar-refractivity contribution in [3.8, 4) is 0 Å². The first-order valence-corrected chi connectivity index (χ1v) is 10.2. The number of hydrogen-bond acceptors (Lipinski definition) is 2. The van der Waals surface area contributed by atoms with Gasteiger partial charge in [0.2, 0.25) is 10.0 Å². The van der Waals surface area contributed by atoms with Crippen LogP contribution < -0.4 is 4.72 Å². The Morgan fingerprint density at radius 3 is 1.96 bits per heavy atom. The molecule has 2 aromatic rings. The molecule has 0 saturated carbocycles. The van der Waals surface area contributed by atoms with Gasteiger partial charge < -0.3 is 0 Å². The summed E-state index contributed by atoms with van der Waals surface area (Å²) in [5.41, 5.74) is 2.73. The van der Waals surface area contributed by atoms with Gasteiger partial charge in [0, 0.05) is 12.6 Å². The Kier molecular flexibility index (Phi) is 6.89. The average molecular weight is 381 g/mol. The molecule has 0 aliphatic heterocycles. The lowest BCUT2D eigenvalue weighted by Crippen LogP contribution is -2.33. The average Bonchev–Trinajstić information content (AvgIpc) is 2.57. The van der Waals surface area contributed by atoms with Crippen LogP contribution in [0.1, 0.15) is 43.4 Å². The fraction of sp³-hybridized carbons (Fsp3) is 0.400. The van der Waals surface area contributed by atoms with Crippen LogP contribution in [-0.4, -0.2) is 20.2 Å². The van der Waals surface area contributed by atoms with Crippen molar-refractivity contribution in [3.63, 3.8) is 0 Å². The van der Waals surface area contributed by atoms with E-state index in [1.54, 1.807) is 13.8 Å². The second-order valence-electron chi connectivity index (χ2n) is 6.86. The fourth-order valence-corrected chi connectivity index (χ4v) is 3.40. The van der Waals surface area contributed by atoms with Gasteiger partial charge in [-0.15, -0.1) is 0 Å². The molecule has 0 radical (unpaired) electrons. The van der Waals surface area contributed by atoms with Crippen LogP contribution in [-0.2, 0) is 22.9 Å². The molecule has 0 bridgehead atoms. The number of benzene rings is 2. The first-order chi connectivity index (χ1) is 12.2. The molecule has 1 N–H and O–H groups in total. The third-order valence-corrected chi connectivity index (χ3v) is 6.19. The predicted molar refractivity (Wildman–Crippen MR) is 101 cm³/mol. The molecule has 2 aromatic carbocycles. The molecule has 0 spiro atoms. The molecule has 1 atom stereocenters. The molecule has 0 heterocycles. The maximum absolute atomic E-state index is 13.2. The highest BCUT2D eigenvalue weighted by Crippen LogP contribution is 2.17. The van der Waals surface area contributed by atoms with Crippen LogP contribution in [0.5, 0.6) is 0 Å². The number of halogens is 2. The maximum Gasteiger partial charge on any atom is 0.213 e. The van der Waals surface area contributed by atoms with Crippen LogP contribution in [0.2, 0.25) is 0 Å². The largest absolute Gasteiger partial charge is 0.214 e. The Labute approximate surface area is 154 Å². The van der Waals surface area contributed by atoms with Gasteiger partial charge in [-0.05, 0) is 61.4 Å². The van der Waals surface area contributed by atoms with E-state index in [1.165, 1.54) is 12.1 Å². The highest BCUT2D eigenvalue weighted by atomic mass is 32.2. The van der Waals surface area contributed by atoms with Crippen molar-refractivity contribution in [2.24, 2.45) is 0 Å². The van der Waals surface area contributed by atoms with E-state index in [1.807, 2.05) is 31.2 Å². The van der Waals surface area contributed by atoms with Gasteiger partial charge in [-0.2, -0.15) is 0 Å². The molecule has 142 valence electrons. The Hall–Kier alpha value is -1.79. The third kappa shape index (κ3) is 5.88. The van der Waals surface area contributed by atoms with Crippen LogP contribution in [0.3, 0.4) is 0 Å². The summed E-state index contributed by atoms with van der Waals surface area (Å²) in [7, 11) is -3.27. The smallest absolute Gasteiger partial charge is 0.213 e. The molecule has 0 aromatic heterocycles. The Bertz CT molecular complexity index is 813. The molecule has 26 heavy (non-hydrogen) atoms. The van der Waals surface area contributed by atoms with Crippen LogP contribution in [0.15, 0.2) is 42.5 Å². The standard InChI is InChI=1S/C20H25F2NO2S/c1-14(2)26(24,25)23-13-15(3)18-8-6-16(7-9-18)4-5-17-10-19(21)12-20(22)11-17/h6-12,14-15,23H,4-5,13H2,1-3H3/t15-/m0/s1. The van der Waals surface area contributed by atoms with Crippen LogP contribution in [0.25, 0.3) is 0 Å². The van der Waals surface area contributed by atoms with Crippen molar-refractivity contribution in [1.29, 1.82) is 0 Å². The molecule has 3 nitrogen and oxygen atoms in total. The monoisotopic (exact) mass is 381 g/mol. The number of rotatable bonds is 8. The Morgan fingerprint density at radius 1 is 0.885 bits per heavy atom. The quantitative estimate of drug-likeness (QED) is 0.746. The van der Waals surface area contributed by atoms with Crippen molar-refractivity contribution in [3.05, 3.63) is 70.8 Å². The summed E-state index contributed by atoms with van der Waals surface area (Å²) >= 11 is 0. The molecule has 0 aliphatic carbocycles. The molecule has 0 amide bonds. The minimum atomic E-state index is -3.27. The summed E-state index contributed by atoms with van der Waals surface area (Å²) < 4.78 is 52.7. The summed E-state index contributed by atoms with van der Waals surface area (Å²) in [5, 5.41) is -0.454. The molecular formula is C20H25F2NO2S. The lowest BCUT2D eigenvalue weighted by molar-refractivity contribution is 0.566. The van der Waals surface area contributed by atoms with Crippen LogP contribution in [0.4, 0.5) is 8.78 Å². The zero-order valence-electron chi connectivity index (χ0n) is 15.3. The van der Waals surface area contributed by atoms with Crippen molar-refractivity contribution in [2.45, 2.75) is 44.8 Å². The minimum absolute atomic E-state index is 0.0508. The zero-order chi connectivity index (χ0) is 19.3. The van der Waals surface area contributed by atoms with E-state index in [0.29, 0.717) is 24.9 Å². The van der Waals surface area contributed by atoms with Gasteiger partial charge in [0.15, 0.2) is 0 Å². The Morgan fingerprint density at radius 2 is 1.42 bits per heavy atom. The number of aryl methyl sites for hydroxylation is 2. The highest BCUT2D eigenvalue weighted by molar-refractivity contribution is 7.90. The maximum atomic E-state index is 13.2. The van der Waals surface area contributed by atoms with Gasteiger partial charge in [-0.3, -0.25) is 0 Å². The van der Waals surface area contributed by atoms with Gasteiger partial charge >= 0.3 is 0 Å². The van der Waals surface area contributed by atoms with Gasteiger partial charge in [0.1, 0.15) is 11.6 Å². The van der Waals surface area contributed by atoms with Crippen LogP contribution >= 0.6 is 0 Å². The molecular weight excluding hydrogens is 356 g/mol. The first-order valence-electron chi connectivity index (χ1n) is 8.69. The zero-order valence-corrected chi connectivity index (χ0v) is 16.1. The van der Waals surface area contributed by atoms with E-state index in [2.05, 4.69) is 4.72 Å². The van der Waals surface area contributed by atoms with E-state index < -0.39 is 26.9 Å². The summed E-state index contributed by atoms with van der Waals surface area (Å²) in [5.74, 6) is -1.07. The van der Waals surface area contributed by atoms with Gasteiger partial charge in [-0.1, -0.05) is 31.2 Å². The lowest BCUT2D eigenvalue weighted by Gasteiger charge is -2.15. The molecule has 0 unspecified atom stereocenters. The normalized spacial score (nSPS) is 13.2. The lowest BCUT2D eigenvalue weighted by atomic mass is 9.98. The van der Waals surface area contributed by atoms with Crippen LogP contribution in [0, 0.1) is 11.6 Å². The number of hydrogen-bond donors (Lipinski definition) is 1. The summed E-state index contributed by atoms with van der Waals surface area (Å²) in [4.78, 5) is 0. The minimum Gasteiger partial charge on any atom is -0.214 e. The summed E-state index contributed by atoms with van der Waals surface area (Å²) in [6.07, 6.45) is 1.23. The van der Waals surface area contributed by atoms with Gasteiger partial charge in [-0.25, -0.2) is 21.9 Å². The predicted octanol–water partition coefficient (Wildman–Crippen LogP) is 4.18. The molecule has 2 rings (SSSR count). The Balaban J connectivity index is 1.93. The fourth-order valence-electron chi connectivity index (χ4n) is 2.58. The van der Waals surface area contributed by atoms with Gasteiger partial charge in [0.05, 0.1) is 5.25 Å². The van der Waals surface area contributed by atoms with Gasteiger partial charge in [0.25, 0.3) is 0 Å². The molecule has 0 saturated heterocycles. The van der Waals surface area contributed by atoms with E-state index >= 15 is 0 Å². The topological polar surface area (TPSA) is 46.2 Å². The second kappa shape index (κ2) is 8.73. The SMILES string of the molecule is CC(C)S(=O)(=O)NC[C@H](C)c1ccc(CCc2cc(F)cc(F)c2)cc1. The van der Waals surface area contributed by atoms with E-state index in [0.717, 1.165) is 17.2 Å². The molecule has 0 aliphatic rings. The third-order valence-electron chi connectivity index (χ3n) is 4.38. The van der Waals surface area contributed by atoms with E-state index in [9.17, 15) is 17.2 Å².